The minimum atomic E-state index is -3.70. The fraction of sp³-hybridized carbons (Fsp3) is 0.211. The standard InChI is InChI=1S/C19H18ClN3O5S/c1-11-9-13(20)7-8-15(11)22-17(24)10-28-19(25)12(2)21-18-14-5-3-4-6-16(14)29(26,27)23-18/h3-9,12H,10H2,1-2H3,(H,21,23)(H,22,24)/t12-/m0/s1. The van der Waals surface area contributed by atoms with E-state index in [4.69, 9.17) is 16.3 Å². The number of esters is 1. The van der Waals surface area contributed by atoms with E-state index in [2.05, 4.69) is 15.0 Å². The van der Waals surface area contributed by atoms with Crippen LogP contribution in [0.4, 0.5) is 5.69 Å². The number of rotatable bonds is 5. The molecule has 2 aromatic rings. The summed E-state index contributed by atoms with van der Waals surface area (Å²) in [6.07, 6.45) is 0. The summed E-state index contributed by atoms with van der Waals surface area (Å²) >= 11 is 5.87. The largest absolute Gasteiger partial charge is 0.454 e. The predicted molar refractivity (Wildman–Crippen MR) is 109 cm³/mol. The molecule has 1 heterocycles. The molecule has 1 atom stereocenters. The van der Waals surface area contributed by atoms with E-state index in [1.54, 1.807) is 43.3 Å². The molecule has 0 bridgehead atoms. The maximum atomic E-state index is 12.2. The number of sulfonamides is 1. The fourth-order valence-corrected chi connectivity index (χ4v) is 4.15. The lowest BCUT2D eigenvalue weighted by atomic mass is 10.2. The first-order chi connectivity index (χ1) is 13.7. The summed E-state index contributed by atoms with van der Waals surface area (Å²) in [4.78, 5) is 28.4. The van der Waals surface area contributed by atoms with Crippen molar-refractivity contribution < 1.29 is 22.7 Å². The number of hydrogen-bond donors (Lipinski definition) is 2. The molecule has 0 aromatic heterocycles. The number of aliphatic imine (C=N–C) groups is 1. The number of carbonyl (C=O) groups is 2. The van der Waals surface area contributed by atoms with Gasteiger partial charge in [-0.3, -0.25) is 14.5 Å². The van der Waals surface area contributed by atoms with Crippen LogP contribution in [0.15, 0.2) is 52.4 Å². The third kappa shape index (κ3) is 4.75. The van der Waals surface area contributed by atoms with E-state index in [-0.39, 0.29) is 10.7 Å². The van der Waals surface area contributed by atoms with Crippen molar-refractivity contribution in [3.05, 3.63) is 58.6 Å². The Kier molecular flexibility index (Phi) is 5.90. The average molecular weight is 436 g/mol. The van der Waals surface area contributed by atoms with E-state index in [0.29, 0.717) is 16.3 Å². The second-order valence-electron chi connectivity index (χ2n) is 6.37. The van der Waals surface area contributed by atoms with Gasteiger partial charge in [0.2, 0.25) is 0 Å². The number of aryl methyl sites for hydroxylation is 1. The SMILES string of the molecule is Cc1cc(Cl)ccc1NC(=O)COC(=O)[C@H](C)N=C1NS(=O)(=O)c2ccccc21. The Morgan fingerprint density at radius 2 is 1.97 bits per heavy atom. The number of benzene rings is 2. The molecule has 8 nitrogen and oxygen atoms in total. The molecule has 2 N–H and O–H groups in total. The van der Waals surface area contributed by atoms with Gasteiger partial charge < -0.3 is 10.1 Å². The number of ether oxygens (including phenoxy) is 1. The molecule has 1 aliphatic heterocycles. The smallest absolute Gasteiger partial charge is 0.331 e. The molecule has 0 radical (unpaired) electrons. The normalized spacial score (nSPS) is 16.6. The van der Waals surface area contributed by atoms with Crippen LogP contribution in [-0.2, 0) is 24.3 Å². The van der Waals surface area contributed by atoms with Crippen LogP contribution in [-0.4, -0.2) is 38.8 Å². The van der Waals surface area contributed by atoms with Gasteiger partial charge in [0.15, 0.2) is 6.61 Å². The zero-order chi connectivity index (χ0) is 21.2. The van der Waals surface area contributed by atoms with Crippen LogP contribution in [0, 0.1) is 6.92 Å². The molecule has 10 heteroatoms. The van der Waals surface area contributed by atoms with Crippen molar-refractivity contribution >= 4 is 45.0 Å². The lowest BCUT2D eigenvalue weighted by Crippen LogP contribution is -2.29. The maximum absolute atomic E-state index is 12.2. The number of amides is 1. The monoisotopic (exact) mass is 435 g/mol. The summed E-state index contributed by atoms with van der Waals surface area (Å²) in [5.74, 6) is -1.22. The van der Waals surface area contributed by atoms with E-state index < -0.39 is 34.5 Å². The summed E-state index contributed by atoms with van der Waals surface area (Å²) in [6, 6.07) is 10.3. The zero-order valence-corrected chi connectivity index (χ0v) is 17.2. The number of nitrogens with zero attached hydrogens (tertiary/aromatic N) is 1. The van der Waals surface area contributed by atoms with Crippen LogP contribution in [0.2, 0.25) is 5.02 Å². The van der Waals surface area contributed by atoms with Crippen LogP contribution in [0.5, 0.6) is 0 Å². The molecule has 0 fully saturated rings. The molecule has 3 rings (SSSR count). The van der Waals surface area contributed by atoms with Gasteiger partial charge in [0.1, 0.15) is 11.9 Å². The minimum absolute atomic E-state index is 0.0614. The molecule has 0 spiro atoms. The van der Waals surface area contributed by atoms with Crippen molar-refractivity contribution in [3.8, 4) is 0 Å². The van der Waals surface area contributed by atoms with Gasteiger partial charge in [-0.15, -0.1) is 0 Å². The van der Waals surface area contributed by atoms with Crippen molar-refractivity contribution in [2.45, 2.75) is 24.8 Å². The van der Waals surface area contributed by atoms with Gasteiger partial charge in [-0.2, -0.15) is 0 Å². The van der Waals surface area contributed by atoms with Crippen molar-refractivity contribution in [2.24, 2.45) is 4.99 Å². The van der Waals surface area contributed by atoms with Crippen molar-refractivity contribution in [3.63, 3.8) is 0 Å². The number of anilines is 1. The lowest BCUT2D eigenvalue weighted by Gasteiger charge is -2.11. The summed E-state index contributed by atoms with van der Waals surface area (Å²) in [7, 11) is -3.70. The number of fused-ring (bicyclic) bond motifs is 1. The lowest BCUT2D eigenvalue weighted by molar-refractivity contribution is -0.148. The van der Waals surface area contributed by atoms with E-state index >= 15 is 0 Å². The molecule has 1 aliphatic rings. The number of nitrogens with one attached hydrogen (secondary N) is 2. The van der Waals surface area contributed by atoms with Crippen LogP contribution >= 0.6 is 11.6 Å². The Morgan fingerprint density at radius 1 is 1.24 bits per heavy atom. The van der Waals surface area contributed by atoms with E-state index in [1.807, 2.05) is 0 Å². The third-order valence-corrected chi connectivity index (χ3v) is 5.77. The van der Waals surface area contributed by atoms with Crippen LogP contribution in [0.3, 0.4) is 0 Å². The molecule has 0 unspecified atom stereocenters. The summed E-state index contributed by atoms with van der Waals surface area (Å²) < 4.78 is 31.5. The van der Waals surface area contributed by atoms with Gasteiger partial charge in [0.25, 0.3) is 15.9 Å². The molecule has 2 aromatic carbocycles. The summed E-state index contributed by atoms with van der Waals surface area (Å²) in [5, 5.41) is 3.17. The number of halogens is 1. The Morgan fingerprint density at radius 3 is 2.69 bits per heavy atom. The molecule has 0 saturated carbocycles. The van der Waals surface area contributed by atoms with Crippen molar-refractivity contribution in [1.82, 2.24) is 4.72 Å². The highest BCUT2D eigenvalue weighted by Gasteiger charge is 2.31. The number of hydrogen-bond acceptors (Lipinski definition) is 6. The highest BCUT2D eigenvalue weighted by atomic mass is 35.5. The van der Waals surface area contributed by atoms with E-state index in [0.717, 1.165) is 5.56 Å². The molecule has 0 aliphatic carbocycles. The number of carbonyl (C=O) groups excluding carboxylic acids is 2. The van der Waals surface area contributed by atoms with E-state index in [9.17, 15) is 18.0 Å². The quantitative estimate of drug-likeness (QED) is 0.699. The van der Waals surface area contributed by atoms with Gasteiger partial charge in [0.05, 0.1) is 4.90 Å². The van der Waals surface area contributed by atoms with Gasteiger partial charge in [-0.1, -0.05) is 23.7 Å². The zero-order valence-electron chi connectivity index (χ0n) is 15.6. The van der Waals surface area contributed by atoms with Crippen LogP contribution in [0.1, 0.15) is 18.1 Å². The highest BCUT2D eigenvalue weighted by Crippen LogP contribution is 2.23. The Hall–Kier alpha value is -2.91. The molecule has 29 heavy (non-hydrogen) atoms. The fourth-order valence-electron chi connectivity index (χ4n) is 2.69. The average Bonchev–Trinajstić information content (AvgIpc) is 2.92. The third-order valence-electron chi connectivity index (χ3n) is 4.13. The van der Waals surface area contributed by atoms with Crippen molar-refractivity contribution in [2.75, 3.05) is 11.9 Å². The Bertz CT molecular complexity index is 1110. The summed E-state index contributed by atoms with van der Waals surface area (Å²) in [5.41, 5.74) is 1.70. The Labute approximate surface area is 173 Å². The first-order valence-electron chi connectivity index (χ1n) is 8.60. The minimum Gasteiger partial charge on any atom is -0.454 e. The topological polar surface area (TPSA) is 114 Å². The van der Waals surface area contributed by atoms with Crippen molar-refractivity contribution in [1.29, 1.82) is 0 Å². The van der Waals surface area contributed by atoms with Gasteiger partial charge in [-0.25, -0.2) is 13.2 Å². The van der Waals surface area contributed by atoms with Gasteiger partial charge >= 0.3 is 5.97 Å². The molecule has 0 saturated heterocycles. The maximum Gasteiger partial charge on any atom is 0.331 e. The molecule has 1 amide bonds. The first-order valence-corrected chi connectivity index (χ1v) is 10.5. The first kappa shape index (κ1) is 20.8. The second-order valence-corrected chi connectivity index (χ2v) is 8.46. The van der Waals surface area contributed by atoms with Gasteiger partial charge in [0, 0.05) is 16.3 Å². The predicted octanol–water partition coefficient (Wildman–Crippen LogP) is 2.26. The number of amidine groups is 1. The second kappa shape index (κ2) is 8.22. The van der Waals surface area contributed by atoms with Crippen LogP contribution in [0.25, 0.3) is 0 Å². The molecular weight excluding hydrogens is 418 g/mol. The summed E-state index contributed by atoms with van der Waals surface area (Å²) in [6.45, 7) is 2.73. The van der Waals surface area contributed by atoms with Crippen LogP contribution < -0.4 is 10.0 Å². The highest BCUT2D eigenvalue weighted by molar-refractivity contribution is 7.90. The molecular formula is C19H18ClN3O5S. The van der Waals surface area contributed by atoms with E-state index in [1.165, 1.54) is 13.0 Å². The van der Waals surface area contributed by atoms with Gasteiger partial charge in [-0.05, 0) is 49.7 Å². The Balaban J connectivity index is 1.61. The molecule has 152 valence electrons.